The van der Waals surface area contributed by atoms with Crippen molar-refractivity contribution in [3.8, 4) is 0 Å². The lowest BCUT2D eigenvalue weighted by molar-refractivity contribution is 0.312. The first-order valence-corrected chi connectivity index (χ1v) is 6.54. The van der Waals surface area contributed by atoms with Crippen molar-refractivity contribution in [1.82, 2.24) is 9.78 Å². The van der Waals surface area contributed by atoms with Crippen LogP contribution in [0.2, 0.25) is 0 Å². The van der Waals surface area contributed by atoms with E-state index in [4.69, 9.17) is 5.73 Å². The van der Waals surface area contributed by atoms with Crippen LogP contribution in [0.1, 0.15) is 32.1 Å². The molecule has 90 valence electrons. The van der Waals surface area contributed by atoms with E-state index in [0.717, 1.165) is 23.5 Å². The zero-order chi connectivity index (χ0) is 11.7. The van der Waals surface area contributed by atoms with Crippen LogP contribution in [-0.2, 0) is 6.54 Å². The fraction of sp³-hybridized carbons (Fsp3) is 0.500. The van der Waals surface area contributed by atoms with Gasteiger partial charge < -0.3 is 5.73 Å². The number of hydrogen-bond acceptors (Lipinski definition) is 2. The zero-order valence-corrected chi connectivity index (χ0v) is 10.1. The maximum atomic E-state index is 5.78. The molecule has 0 bridgehead atoms. The molecule has 0 atom stereocenters. The van der Waals surface area contributed by atoms with Gasteiger partial charge in [-0.3, -0.25) is 4.68 Å². The molecule has 0 unspecified atom stereocenters. The number of nitrogen functional groups attached to an aromatic ring is 1. The van der Waals surface area contributed by atoms with E-state index in [-0.39, 0.29) is 0 Å². The highest BCUT2D eigenvalue weighted by Gasteiger charge is 2.15. The van der Waals surface area contributed by atoms with Crippen molar-refractivity contribution in [2.45, 2.75) is 38.6 Å². The monoisotopic (exact) mass is 229 g/mol. The first-order chi connectivity index (χ1) is 8.33. The van der Waals surface area contributed by atoms with Gasteiger partial charge in [0.2, 0.25) is 0 Å². The molecule has 0 saturated heterocycles. The number of fused-ring (bicyclic) bond motifs is 1. The molecular weight excluding hydrogens is 210 g/mol. The topological polar surface area (TPSA) is 43.8 Å². The summed E-state index contributed by atoms with van der Waals surface area (Å²) >= 11 is 0. The van der Waals surface area contributed by atoms with Gasteiger partial charge in [-0.25, -0.2) is 0 Å². The van der Waals surface area contributed by atoms with Crippen molar-refractivity contribution in [3.63, 3.8) is 0 Å². The molecule has 1 aromatic carbocycles. The SMILES string of the molecule is Nc1ccc2c(cnn2CC2CCCCC2)c1. The Morgan fingerprint density at radius 1 is 1.24 bits per heavy atom. The summed E-state index contributed by atoms with van der Waals surface area (Å²) in [6, 6.07) is 6.04. The number of nitrogens with two attached hydrogens (primary N) is 1. The zero-order valence-electron chi connectivity index (χ0n) is 10.1. The molecule has 3 nitrogen and oxygen atoms in total. The minimum Gasteiger partial charge on any atom is -0.399 e. The van der Waals surface area contributed by atoms with Gasteiger partial charge in [-0.2, -0.15) is 5.10 Å². The van der Waals surface area contributed by atoms with E-state index in [2.05, 4.69) is 15.8 Å². The molecule has 1 saturated carbocycles. The number of rotatable bonds is 2. The van der Waals surface area contributed by atoms with Gasteiger partial charge in [0.25, 0.3) is 0 Å². The fourth-order valence-electron chi connectivity index (χ4n) is 2.87. The van der Waals surface area contributed by atoms with Crippen molar-refractivity contribution in [2.24, 2.45) is 5.92 Å². The lowest BCUT2D eigenvalue weighted by atomic mass is 9.89. The second kappa shape index (κ2) is 4.40. The van der Waals surface area contributed by atoms with E-state index in [0.29, 0.717) is 0 Å². The Labute approximate surface area is 102 Å². The van der Waals surface area contributed by atoms with Gasteiger partial charge in [0.05, 0.1) is 11.7 Å². The molecule has 3 heteroatoms. The van der Waals surface area contributed by atoms with Gasteiger partial charge in [-0.05, 0) is 37.0 Å². The third kappa shape index (κ3) is 2.14. The maximum absolute atomic E-state index is 5.78. The number of aromatic nitrogens is 2. The van der Waals surface area contributed by atoms with E-state index >= 15 is 0 Å². The summed E-state index contributed by atoms with van der Waals surface area (Å²) < 4.78 is 2.14. The Morgan fingerprint density at radius 3 is 2.88 bits per heavy atom. The van der Waals surface area contributed by atoms with Crippen molar-refractivity contribution in [1.29, 1.82) is 0 Å². The predicted octanol–water partition coefficient (Wildman–Crippen LogP) is 3.20. The molecule has 0 aliphatic heterocycles. The van der Waals surface area contributed by atoms with Gasteiger partial charge in [-0.1, -0.05) is 19.3 Å². The summed E-state index contributed by atoms with van der Waals surface area (Å²) in [7, 11) is 0. The third-order valence-corrected chi connectivity index (χ3v) is 3.82. The highest BCUT2D eigenvalue weighted by atomic mass is 15.3. The summed E-state index contributed by atoms with van der Waals surface area (Å²) in [5.41, 5.74) is 7.81. The molecule has 3 rings (SSSR count). The fourth-order valence-corrected chi connectivity index (χ4v) is 2.87. The van der Waals surface area contributed by atoms with Crippen molar-refractivity contribution < 1.29 is 0 Å². The van der Waals surface area contributed by atoms with E-state index in [1.165, 1.54) is 37.6 Å². The second-order valence-electron chi connectivity index (χ2n) is 5.15. The van der Waals surface area contributed by atoms with Gasteiger partial charge in [-0.15, -0.1) is 0 Å². The molecule has 17 heavy (non-hydrogen) atoms. The van der Waals surface area contributed by atoms with Gasteiger partial charge >= 0.3 is 0 Å². The largest absolute Gasteiger partial charge is 0.399 e. The van der Waals surface area contributed by atoms with E-state index < -0.39 is 0 Å². The van der Waals surface area contributed by atoms with Crippen molar-refractivity contribution >= 4 is 16.6 Å². The number of nitrogens with zero attached hydrogens (tertiary/aromatic N) is 2. The van der Waals surface area contributed by atoms with Gasteiger partial charge in [0, 0.05) is 17.6 Å². The molecular formula is C14H19N3. The lowest BCUT2D eigenvalue weighted by Crippen LogP contribution is -2.14. The van der Waals surface area contributed by atoms with Gasteiger partial charge in [0.1, 0.15) is 0 Å². The molecule has 1 fully saturated rings. The number of anilines is 1. The molecule has 0 radical (unpaired) electrons. The Morgan fingerprint density at radius 2 is 2.06 bits per heavy atom. The first kappa shape index (κ1) is 10.6. The van der Waals surface area contributed by atoms with Crippen LogP contribution >= 0.6 is 0 Å². The Balaban J connectivity index is 1.84. The summed E-state index contributed by atoms with van der Waals surface area (Å²) in [5, 5.41) is 5.65. The molecule has 1 aliphatic rings. The van der Waals surface area contributed by atoms with Crippen LogP contribution in [0.4, 0.5) is 5.69 Å². The van der Waals surface area contributed by atoms with Gasteiger partial charge in [0.15, 0.2) is 0 Å². The predicted molar refractivity (Wildman–Crippen MR) is 70.7 cm³/mol. The van der Waals surface area contributed by atoms with E-state index in [1.807, 2.05) is 18.3 Å². The Bertz CT molecular complexity index is 509. The molecule has 2 aromatic rings. The van der Waals surface area contributed by atoms with Crippen LogP contribution in [-0.4, -0.2) is 9.78 Å². The normalized spacial score (nSPS) is 17.6. The number of benzene rings is 1. The Hall–Kier alpha value is -1.51. The van der Waals surface area contributed by atoms with Crippen LogP contribution in [0.15, 0.2) is 24.4 Å². The summed E-state index contributed by atoms with van der Waals surface area (Å²) in [6.45, 7) is 1.06. The van der Waals surface area contributed by atoms with Crippen molar-refractivity contribution in [3.05, 3.63) is 24.4 Å². The van der Waals surface area contributed by atoms with E-state index in [1.54, 1.807) is 0 Å². The van der Waals surface area contributed by atoms with Crippen LogP contribution < -0.4 is 5.73 Å². The Kier molecular flexibility index (Phi) is 2.75. The maximum Gasteiger partial charge on any atom is 0.0684 e. The summed E-state index contributed by atoms with van der Waals surface area (Å²) in [4.78, 5) is 0. The quantitative estimate of drug-likeness (QED) is 0.804. The van der Waals surface area contributed by atoms with Crippen LogP contribution in [0.3, 0.4) is 0 Å². The molecule has 0 spiro atoms. The number of hydrogen-bond donors (Lipinski definition) is 1. The van der Waals surface area contributed by atoms with Crippen LogP contribution in [0.25, 0.3) is 10.9 Å². The molecule has 2 N–H and O–H groups in total. The molecule has 0 amide bonds. The van der Waals surface area contributed by atoms with Crippen LogP contribution in [0, 0.1) is 5.92 Å². The van der Waals surface area contributed by atoms with Crippen LogP contribution in [0.5, 0.6) is 0 Å². The highest BCUT2D eigenvalue weighted by Crippen LogP contribution is 2.26. The molecule has 1 aromatic heterocycles. The molecule has 1 aliphatic carbocycles. The van der Waals surface area contributed by atoms with E-state index in [9.17, 15) is 0 Å². The summed E-state index contributed by atoms with van der Waals surface area (Å²) in [6.07, 6.45) is 8.82. The average Bonchev–Trinajstić information content (AvgIpc) is 2.73. The third-order valence-electron chi connectivity index (χ3n) is 3.82. The minimum atomic E-state index is 0.810. The smallest absolute Gasteiger partial charge is 0.0684 e. The molecule has 1 heterocycles. The first-order valence-electron chi connectivity index (χ1n) is 6.54. The highest BCUT2D eigenvalue weighted by molar-refractivity contribution is 5.81. The summed E-state index contributed by atoms with van der Waals surface area (Å²) in [5.74, 6) is 0.810. The average molecular weight is 229 g/mol. The standard InChI is InChI=1S/C14H19N3/c15-13-6-7-14-12(8-13)9-16-17(14)10-11-4-2-1-3-5-11/h6-9,11H,1-5,10,15H2. The van der Waals surface area contributed by atoms with Crippen molar-refractivity contribution in [2.75, 3.05) is 5.73 Å². The second-order valence-corrected chi connectivity index (χ2v) is 5.15. The minimum absolute atomic E-state index is 0.810. The lowest BCUT2D eigenvalue weighted by Gasteiger charge is -2.21.